The van der Waals surface area contributed by atoms with E-state index >= 15 is 0 Å². The van der Waals surface area contributed by atoms with E-state index in [0.29, 0.717) is 0 Å². The first-order chi connectivity index (χ1) is 7.93. The lowest BCUT2D eigenvalue weighted by Crippen LogP contribution is -2.06. The van der Waals surface area contributed by atoms with Gasteiger partial charge in [-0.2, -0.15) is 13.2 Å². The molecule has 0 aliphatic rings. The quantitative estimate of drug-likeness (QED) is 0.607. The molecule has 0 amide bonds. The van der Waals surface area contributed by atoms with E-state index in [1.807, 2.05) is 13.8 Å². The summed E-state index contributed by atoms with van der Waals surface area (Å²) in [7, 11) is 0. The Bertz CT molecular complexity index is 366. The second kappa shape index (κ2) is 7.32. The minimum atomic E-state index is -4.41. The number of rotatable bonds is 3. The second-order valence-electron chi connectivity index (χ2n) is 2.61. The molecule has 96 valence electrons. The molecule has 0 spiro atoms. The largest absolute Gasteiger partial charge is 0.473 e. The van der Waals surface area contributed by atoms with Crippen LogP contribution in [0.25, 0.3) is 0 Å². The van der Waals surface area contributed by atoms with Crippen molar-refractivity contribution in [1.29, 1.82) is 0 Å². The van der Waals surface area contributed by atoms with Crippen molar-refractivity contribution in [3.8, 4) is 5.88 Å². The van der Waals surface area contributed by atoms with E-state index < -0.39 is 11.7 Å². The fraction of sp³-hybridized carbons (Fsp3) is 0.364. The van der Waals surface area contributed by atoms with Crippen molar-refractivity contribution in [2.24, 2.45) is 0 Å². The van der Waals surface area contributed by atoms with Gasteiger partial charge in [-0.25, -0.2) is 4.98 Å². The normalized spacial score (nSPS) is 10.2. The zero-order valence-electron chi connectivity index (χ0n) is 9.51. The number of aromatic nitrogens is 1. The smallest absolute Gasteiger partial charge is 0.416 e. The van der Waals surface area contributed by atoms with Crippen molar-refractivity contribution in [3.63, 3.8) is 0 Å². The van der Waals surface area contributed by atoms with E-state index in [-0.39, 0.29) is 17.1 Å². The lowest BCUT2D eigenvalue weighted by molar-refractivity contribution is -0.137. The van der Waals surface area contributed by atoms with Gasteiger partial charge < -0.3 is 4.74 Å². The molecule has 0 atom stereocenters. The fourth-order valence-electron chi connectivity index (χ4n) is 0.855. The summed E-state index contributed by atoms with van der Waals surface area (Å²) in [4.78, 5) is 3.73. The molecule has 1 rings (SSSR count). The third kappa shape index (κ3) is 5.72. The maximum absolute atomic E-state index is 12.3. The average molecular weight is 312 g/mol. The summed E-state index contributed by atoms with van der Waals surface area (Å²) in [6, 6.07) is 1.73. The molecule has 0 aliphatic carbocycles. The SMILES string of the molecule is C=CCOc1cc(C(F)(F)F)cc(Br)n1.CC. The molecule has 1 heterocycles. The summed E-state index contributed by atoms with van der Waals surface area (Å²) in [5, 5.41) is 0. The minimum absolute atomic E-state index is 0.0800. The van der Waals surface area contributed by atoms with Crippen molar-refractivity contribution < 1.29 is 17.9 Å². The molecular weight excluding hydrogens is 299 g/mol. The standard InChI is InChI=1S/C9H7BrF3NO.C2H6/c1-2-3-15-8-5-6(9(11,12)13)4-7(10)14-8;1-2/h2,4-5H,1,3H2;1-2H3. The van der Waals surface area contributed by atoms with Gasteiger partial charge in [-0.15, -0.1) is 0 Å². The fourth-order valence-corrected chi connectivity index (χ4v) is 1.28. The molecule has 0 saturated carbocycles. The Labute approximate surface area is 107 Å². The predicted molar refractivity (Wildman–Crippen MR) is 64.0 cm³/mol. The maximum Gasteiger partial charge on any atom is 0.416 e. The second-order valence-corrected chi connectivity index (χ2v) is 3.43. The molecule has 0 unspecified atom stereocenters. The van der Waals surface area contributed by atoms with Crippen LogP contribution in [0.3, 0.4) is 0 Å². The lowest BCUT2D eigenvalue weighted by atomic mass is 10.2. The zero-order chi connectivity index (χ0) is 13.5. The van der Waals surface area contributed by atoms with Gasteiger partial charge in [-0.1, -0.05) is 26.5 Å². The van der Waals surface area contributed by atoms with Gasteiger partial charge in [0.1, 0.15) is 11.2 Å². The summed E-state index contributed by atoms with van der Waals surface area (Å²) < 4.78 is 42.0. The molecule has 0 aromatic carbocycles. The maximum atomic E-state index is 12.3. The van der Waals surface area contributed by atoms with E-state index in [2.05, 4.69) is 27.5 Å². The highest BCUT2D eigenvalue weighted by Gasteiger charge is 2.31. The molecule has 0 fully saturated rings. The van der Waals surface area contributed by atoms with Crippen molar-refractivity contribution in [1.82, 2.24) is 4.98 Å². The van der Waals surface area contributed by atoms with Crippen LogP contribution >= 0.6 is 15.9 Å². The first-order valence-electron chi connectivity index (χ1n) is 4.92. The molecule has 17 heavy (non-hydrogen) atoms. The topological polar surface area (TPSA) is 22.1 Å². The summed E-state index contributed by atoms with van der Waals surface area (Å²) in [5.74, 6) is -0.0865. The van der Waals surface area contributed by atoms with Crippen LogP contribution in [0, 0.1) is 0 Å². The molecule has 0 bridgehead atoms. The molecule has 0 radical (unpaired) electrons. The Kier molecular flexibility index (Phi) is 6.87. The Hall–Kier alpha value is -1.04. The molecular formula is C11H13BrF3NO. The Morgan fingerprint density at radius 1 is 1.41 bits per heavy atom. The van der Waals surface area contributed by atoms with Gasteiger partial charge in [0.05, 0.1) is 5.56 Å². The average Bonchev–Trinajstić information content (AvgIpc) is 2.27. The van der Waals surface area contributed by atoms with E-state index in [1.54, 1.807) is 0 Å². The monoisotopic (exact) mass is 311 g/mol. The van der Waals surface area contributed by atoms with Crippen LogP contribution in [0.15, 0.2) is 29.4 Å². The lowest BCUT2D eigenvalue weighted by Gasteiger charge is -2.09. The number of ether oxygens (including phenoxy) is 1. The van der Waals surface area contributed by atoms with Gasteiger partial charge in [-0.05, 0) is 22.0 Å². The van der Waals surface area contributed by atoms with Gasteiger partial charge in [0, 0.05) is 6.07 Å². The van der Waals surface area contributed by atoms with Gasteiger partial charge in [-0.3, -0.25) is 0 Å². The van der Waals surface area contributed by atoms with Crippen LogP contribution in [-0.4, -0.2) is 11.6 Å². The van der Waals surface area contributed by atoms with E-state index in [4.69, 9.17) is 4.74 Å². The first-order valence-corrected chi connectivity index (χ1v) is 5.71. The van der Waals surface area contributed by atoms with Gasteiger partial charge >= 0.3 is 6.18 Å². The van der Waals surface area contributed by atoms with Crippen molar-refractivity contribution in [2.75, 3.05) is 6.61 Å². The van der Waals surface area contributed by atoms with Gasteiger partial charge in [0.25, 0.3) is 0 Å². The first kappa shape index (κ1) is 16.0. The number of hydrogen-bond acceptors (Lipinski definition) is 2. The third-order valence-electron chi connectivity index (χ3n) is 1.45. The number of alkyl halides is 3. The molecule has 1 aromatic rings. The number of pyridine rings is 1. The van der Waals surface area contributed by atoms with Crippen LogP contribution in [0.2, 0.25) is 0 Å². The van der Waals surface area contributed by atoms with Crippen molar-refractivity contribution in [2.45, 2.75) is 20.0 Å². The van der Waals surface area contributed by atoms with Crippen LogP contribution < -0.4 is 4.74 Å². The van der Waals surface area contributed by atoms with Gasteiger partial charge in [0.15, 0.2) is 0 Å². The summed E-state index contributed by atoms with van der Waals surface area (Å²) in [6.07, 6.45) is -2.98. The Morgan fingerprint density at radius 3 is 2.47 bits per heavy atom. The molecule has 0 saturated heterocycles. The van der Waals surface area contributed by atoms with Crippen molar-refractivity contribution in [3.05, 3.63) is 35.0 Å². The van der Waals surface area contributed by atoms with E-state index in [0.717, 1.165) is 12.1 Å². The van der Waals surface area contributed by atoms with Crippen molar-refractivity contribution >= 4 is 15.9 Å². The highest BCUT2D eigenvalue weighted by molar-refractivity contribution is 9.10. The number of nitrogens with zero attached hydrogens (tertiary/aromatic N) is 1. The minimum Gasteiger partial charge on any atom is -0.473 e. The van der Waals surface area contributed by atoms with Gasteiger partial charge in [0.2, 0.25) is 5.88 Å². The summed E-state index contributed by atoms with van der Waals surface area (Å²) >= 11 is 2.88. The highest BCUT2D eigenvalue weighted by Crippen LogP contribution is 2.32. The van der Waals surface area contributed by atoms with Crippen LogP contribution in [0.1, 0.15) is 19.4 Å². The molecule has 2 nitrogen and oxygen atoms in total. The summed E-state index contributed by atoms with van der Waals surface area (Å²) in [6.45, 7) is 7.49. The summed E-state index contributed by atoms with van der Waals surface area (Å²) in [5.41, 5.74) is -0.802. The Balaban J connectivity index is 0.00000121. The van der Waals surface area contributed by atoms with E-state index in [9.17, 15) is 13.2 Å². The van der Waals surface area contributed by atoms with Crippen LogP contribution in [0.4, 0.5) is 13.2 Å². The highest BCUT2D eigenvalue weighted by atomic mass is 79.9. The predicted octanol–water partition coefficient (Wildman–Crippen LogP) is 4.45. The third-order valence-corrected chi connectivity index (χ3v) is 1.85. The van der Waals surface area contributed by atoms with E-state index in [1.165, 1.54) is 6.08 Å². The zero-order valence-corrected chi connectivity index (χ0v) is 11.1. The molecule has 1 aromatic heterocycles. The Morgan fingerprint density at radius 2 is 2.00 bits per heavy atom. The molecule has 0 aliphatic heterocycles. The van der Waals surface area contributed by atoms with Crippen LogP contribution in [0.5, 0.6) is 5.88 Å². The van der Waals surface area contributed by atoms with Crippen LogP contribution in [-0.2, 0) is 6.18 Å². The number of hydrogen-bond donors (Lipinski definition) is 0. The molecule has 6 heteroatoms. The molecule has 0 N–H and O–H groups in total. The number of halogens is 4.